The number of likely N-dealkylation sites (tertiary alicyclic amines) is 1. The molecule has 0 aliphatic carbocycles. The number of nitrogens with zero attached hydrogens (tertiary/aromatic N) is 2. The third kappa shape index (κ3) is 4.06. The minimum absolute atomic E-state index is 0.451. The van der Waals surface area contributed by atoms with Gasteiger partial charge in [0.15, 0.2) is 0 Å². The molecule has 5 heteroatoms. The molecule has 1 aromatic rings. The van der Waals surface area contributed by atoms with Crippen molar-refractivity contribution in [3.63, 3.8) is 0 Å². The van der Waals surface area contributed by atoms with Gasteiger partial charge in [-0.15, -0.1) is 0 Å². The van der Waals surface area contributed by atoms with Crippen molar-refractivity contribution in [2.45, 2.75) is 39.7 Å². The largest absolute Gasteiger partial charge is 0.308 e. The SMILES string of the molecule is CC1(C)CCCN(Cc2nc(NN)ccc2Cl)CC1. The fourth-order valence-corrected chi connectivity index (χ4v) is 2.69. The lowest BCUT2D eigenvalue weighted by Crippen LogP contribution is -2.26. The zero-order valence-corrected chi connectivity index (χ0v) is 12.5. The minimum atomic E-state index is 0.451. The molecule has 1 aliphatic rings. The maximum absolute atomic E-state index is 6.21. The van der Waals surface area contributed by atoms with Gasteiger partial charge in [0, 0.05) is 6.54 Å². The summed E-state index contributed by atoms with van der Waals surface area (Å²) in [5.74, 6) is 6.05. The van der Waals surface area contributed by atoms with Gasteiger partial charge in [0.2, 0.25) is 0 Å². The van der Waals surface area contributed by atoms with E-state index in [4.69, 9.17) is 17.4 Å². The van der Waals surface area contributed by atoms with Gasteiger partial charge in [-0.2, -0.15) is 0 Å². The molecule has 2 heterocycles. The van der Waals surface area contributed by atoms with E-state index in [1.807, 2.05) is 6.07 Å². The second-order valence-electron chi connectivity index (χ2n) is 6.06. The second-order valence-corrected chi connectivity index (χ2v) is 6.47. The zero-order valence-electron chi connectivity index (χ0n) is 11.7. The van der Waals surface area contributed by atoms with Crippen molar-refractivity contribution in [2.24, 2.45) is 11.3 Å². The molecular weight excluding hydrogens is 260 g/mol. The summed E-state index contributed by atoms with van der Waals surface area (Å²) in [5, 5.41) is 0.711. The molecule has 1 fully saturated rings. The van der Waals surface area contributed by atoms with Crippen molar-refractivity contribution >= 4 is 17.4 Å². The van der Waals surface area contributed by atoms with Crippen LogP contribution in [-0.2, 0) is 6.54 Å². The summed E-state index contributed by atoms with van der Waals surface area (Å²) in [6.45, 7) is 7.71. The highest BCUT2D eigenvalue weighted by Gasteiger charge is 2.23. The van der Waals surface area contributed by atoms with Gasteiger partial charge in [0.25, 0.3) is 0 Å². The lowest BCUT2D eigenvalue weighted by molar-refractivity contribution is 0.253. The van der Waals surface area contributed by atoms with Crippen LogP contribution in [0.25, 0.3) is 0 Å². The van der Waals surface area contributed by atoms with Crippen LogP contribution < -0.4 is 11.3 Å². The highest BCUT2D eigenvalue weighted by atomic mass is 35.5. The number of hydrogen-bond acceptors (Lipinski definition) is 4. The van der Waals surface area contributed by atoms with E-state index in [1.165, 1.54) is 19.3 Å². The summed E-state index contributed by atoms with van der Waals surface area (Å²) in [5.41, 5.74) is 3.92. The minimum Gasteiger partial charge on any atom is -0.308 e. The maximum Gasteiger partial charge on any atom is 0.140 e. The number of nitrogens with one attached hydrogen (secondary N) is 1. The Bertz CT molecular complexity index is 433. The number of rotatable bonds is 3. The molecule has 0 bridgehead atoms. The van der Waals surface area contributed by atoms with E-state index in [0.717, 1.165) is 25.3 Å². The first-order valence-electron chi connectivity index (χ1n) is 6.84. The summed E-state index contributed by atoms with van der Waals surface area (Å²) in [7, 11) is 0. The smallest absolute Gasteiger partial charge is 0.140 e. The van der Waals surface area contributed by atoms with E-state index in [9.17, 15) is 0 Å². The lowest BCUT2D eigenvalue weighted by atomic mass is 9.85. The molecule has 1 aromatic heterocycles. The van der Waals surface area contributed by atoms with E-state index in [-0.39, 0.29) is 0 Å². The average molecular weight is 283 g/mol. The Morgan fingerprint density at radius 3 is 2.89 bits per heavy atom. The lowest BCUT2D eigenvalue weighted by Gasteiger charge is -2.23. The van der Waals surface area contributed by atoms with E-state index >= 15 is 0 Å². The van der Waals surface area contributed by atoms with Crippen LogP contribution >= 0.6 is 11.6 Å². The zero-order chi connectivity index (χ0) is 13.9. The molecule has 0 atom stereocenters. The molecule has 19 heavy (non-hydrogen) atoms. The first-order valence-corrected chi connectivity index (χ1v) is 7.22. The molecule has 0 aromatic carbocycles. The van der Waals surface area contributed by atoms with Crippen molar-refractivity contribution in [3.8, 4) is 0 Å². The Hall–Kier alpha value is -0.840. The Kier molecular flexibility index (Phi) is 4.66. The highest BCUT2D eigenvalue weighted by molar-refractivity contribution is 6.31. The number of nitrogen functional groups attached to an aromatic ring is 1. The Balaban J connectivity index is 2.04. The van der Waals surface area contributed by atoms with Gasteiger partial charge < -0.3 is 5.43 Å². The van der Waals surface area contributed by atoms with Crippen molar-refractivity contribution in [1.82, 2.24) is 9.88 Å². The Morgan fingerprint density at radius 2 is 2.16 bits per heavy atom. The fourth-order valence-electron chi connectivity index (χ4n) is 2.52. The monoisotopic (exact) mass is 282 g/mol. The summed E-state index contributed by atoms with van der Waals surface area (Å²) < 4.78 is 0. The molecular formula is C14H23ClN4. The average Bonchev–Trinajstić information content (AvgIpc) is 2.54. The quantitative estimate of drug-likeness (QED) is 0.661. The Morgan fingerprint density at radius 1 is 1.37 bits per heavy atom. The van der Waals surface area contributed by atoms with Crippen molar-refractivity contribution in [3.05, 3.63) is 22.8 Å². The van der Waals surface area contributed by atoms with E-state index in [0.29, 0.717) is 16.3 Å². The Labute approximate surface area is 120 Å². The van der Waals surface area contributed by atoms with E-state index < -0.39 is 0 Å². The summed E-state index contributed by atoms with van der Waals surface area (Å²) in [6, 6.07) is 3.64. The predicted octanol–water partition coefficient (Wildman–Crippen LogP) is 3.03. The van der Waals surface area contributed by atoms with Crippen LogP contribution in [0.5, 0.6) is 0 Å². The third-order valence-electron chi connectivity index (χ3n) is 3.87. The van der Waals surface area contributed by atoms with Gasteiger partial charge in [-0.05, 0) is 49.9 Å². The van der Waals surface area contributed by atoms with E-state index in [1.54, 1.807) is 6.07 Å². The van der Waals surface area contributed by atoms with Crippen LogP contribution in [0.15, 0.2) is 12.1 Å². The van der Waals surface area contributed by atoms with Crippen LogP contribution in [-0.4, -0.2) is 23.0 Å². The molecule has 0 spiro atoms. The van der Waals surface area contributed by atoms with Crippen LogP contribution in [0, 0.1) is 5.41 Å². The topological polar surface area (TPSA) is 54.2 Å². The van der Waals surface area contributed by atoms with Crippen LogP contribution in [0.4, 0.5) is 5.82 Å². The maximum atomic E-state index is 6.21. The van der Waals surface area contributed by atoms with Gasteiger partial charge >= 0.3 is 0 Å². The van der Waals surface area contributed by atoms with Gasteiger partial charge in [0.05, 0.1) is 10.7 Å². The third-order valence-corrected chi connectivity index (χ3v) is 4.22. The van der Waals surface area contributed by atoms with Gasteiger partial charge in [-0.3, -0.25) is 4.90 Å². The molecule has 0 unspecified atom stereocenters. The van der Waals surface area contributed by atoms with Crippen molar-refractivity contribution in [1.29, 1.82) is 0 Å². The van der Waals surface area contributed by atoms with Crippen LogP contribution in [0.2, 0.25) is 5.02 Å². The number of hydrogen-bond donors (Lipinski definition) is 2. The summed E-state index contributed by atoms with van der Waals surface area (Å²) >= 11 is 6.21. The fraction of sp³-hybridized carbons (Fsp3) is 0.643. The highest BCUT2D eigenvalue weighted by Crippen LogP contribution is 2.30. The number of pyridine rings is 1. The summed E-state index contributed by atoms with van der Waals surface area (Å²) in [6.07, 6.45) is 3.74. The van der Waals surface area contributed by atoms with Gasteiger partial charge in [0.1, 0.15) is 5.82 Å². The molecule has 0 saturated carbocycles. The molecule has 1 aliphatic heterocycles. The van der Waals surface area contributed by atoms with Gasteiger partial charge in [-0.1, -0.05) is 25.4 Å². The van der Waals surface area contributed by atoms with Gasteiger partial charge in [-0.25, -0.2) is 10.8 Å². The van der Waals surface area contributed by atoms with Crippen LogP contribution in [0.1, 0.15) is 38.8 Å². The molecule has 1 saturated heterocycles. The number of nitrogens with two attached hydrogens (primary N) is 1. The number of halogens is 1. The first kappa shape index (κ1) is 14.6. The number of anilines is 1. The first-order chi connectivity index (χ1) is 9.00. The molecule has 4 nitrogen and oxygen atoms in total. The van der Waals surface area contributed by atoms with Crippen molar-refractivity contribution in [2.75, 3.05) is 18.5 Å². The second kappa shape index (κ2) is 6.07. The molecule has 3 N–H and O–H groups in total. The van der Waals surface area contributed by atoms with E-state index in [2.05, 4.69) is 29.2 Å². The van der Waals surface area contributed by atoms with Crippen molar-refractivity contribution < 1.29 is 0 Å². The number of aromatic nitrogens is 1. The summed E-state index contributed by atoms with van der Waals surface area (Å²) in [4.78, 5) is 6.88. The molecule has 2 rings (SSSR count). The number of hydrazine groups is 1. The predicted molar refractivity (Wildman–Crippen MR) is 80.0 cm³/mol. The van der Waals surface area contributed by atoms with Crippen LogP contribution in [0.3, 0.4) is 0 Å². The molecule has 106 valence electrons. The normalized spacial score (nSPS) is 20.0. The molecule has 0 amide bonds. The molecule has 0 radical (unpaired) electrons. The standard InChI is InChI=1S/C14H23ClN4/c1-14(2)6-3-8-19(9-7-14)10-12-11(15)4-5-13(17-12)18-16/h4-5H,3,6-10,16H2,1-2H3,(H,17,18).